The Balaban J connectivity index is 2.38. The molecule has 0 aliphatic heterocycles. The van der Waals surface area contributed by atoms with Crippen LogP contribution >= 0.6 is 0 Å². The van der Waals surface area contributed by atoms with Crippen molar-refractivity contribution in [1.29, 1.82) is 0 Å². The lowest BCUT2D eigenvalue weighted by Gasteiger charge is -2.26. The van der Waals surface area contributed by atoms with Crippen molar-refractivity contribution in [1.82, 2.24) is 5.32 Å². The van der Waals surface area contributed by atoms with Crippen LogP contribution in [0.2, 0.25) is 0 Å². The van der Waals surface area contributed by atoms with Crippen molar-refractivity contribution < 1.29 is 9.90 Å². The zero-order valence-electron chi connectivity index (χ0n) is 11.4. The molecule has 1 amide bonds. The smallest absolute Gasteiger partial charge is 0.221 e. The van der Waals surface area contributed by atoms with Crippen LogP contribution in [-0.4, -0.2) is 29.2 Å². The van der Waals surface area contributed by atoms with Gasteiger partial charge in [-0.05, 0) is 32.6 Å². The van der Waals surface area contributed by atoms with E-state index in [1.165, 1.54) is 0 Å². The van der Waals surface area contributed by atoms with Gasteiger partial charge in [0.25, 0.3) is 0 Å². The first-order valence-corrected chi connectivity index (χ1v) is 6.40. The molecule has 0 bridgehead atoms. The van der Waals surface area contributed by atoms with E-state index in [0.717, 1.165) is 12.8 Å². The molecular weight excluding hydrogens is 216 g/mol. The quantitative estimate of drug-likeness (QED) is 0.651. The Kier molecular flexibility index (Phi) is 4.20. The van der Waals surface area contributed by atoms with Crippen LogP contribution in [-0.2, 0) is 4.79 Å². The van der Waals surface area contributed by atoms with Crippen LogP contribution in [0.15, 0.2) is 0 Å². The Labute approximate surface area is 104 Å². The molecule has 17 heavy (non-hydrogen) atoms. The first-order valence-electron chi connectivity index (χ1n) is 6.40. The summed E-state index contributed by atoms with van der Waals surface area (Å²) in [5, 5.41) is 13.0. The first-order chi connectivity index (χ1) is 7.66. The van der Waals surface area contributed by atoms with Gasteiger partial charge in [-0.2, -0.15) is 0 Å². The van der Waals surface area contributed by atoms with Crippen molar-refractivity contribution >= 4 is 5.91 Å². The molecule has 0 spiro atoms. The van der Waals surface area contributed by atoms with Gasteiger partial charge in [-0.1, -0.05) is 13.8 Å². The van der Waals surface area contributed by atoms with Gasteiger partial charge in [-0.15, -0.1) is 0 Å². The molecule has 1 aliphatic rings. The standard InChI is InChI=1S/C13H26N2O2/c1-9(2)11(17)13(5-6-13)8-15-10(16)7-12(3,4)14/h9,11,17H,5-8,14H2,1-4H3,(H,15,16). The van der Waals surface area contributed by atoms with E-state index < -0.39 is 5.54 Å². The van der Waals surface area contributed by atoms with Gasteiger partial charge in [0.2, 0.25) is 5.91 Å². The maximum absolute atomic E-state index is 11.7. The minimum atomic E-state index is -0.475. The summed E-state index contributed by atoms with van der Waals surface area (Å²) in [5.41, 5.74) is 5.23. The largest absolute Gasteiger partial charge is 0.392 e. The highest BCUT2D eigenvalue weighted by molar-refractivity contribution is 5.77. The van der Waals surface area contributed by atoms with E-state index >= 15 is 0 Å². The number of aliphatic hydroxyl groups excluding tert-OH is 1. The van der Waals surface area contributed by atoms with Crippen LogP contribution in [0.3, 0.4) is 0 Å². The van der Waals surface area contributed by atoms with Crippen LogP contribution in [0.5, 0.6) is 0 Å². The zero-order valence-corrected chi connectivity index (χ0v) is 11.4. The van der Waals surface area contributed by atoms with Gasteiger partial charge in [0.1, 0.15) is 0 Å². The van der Waals surface area contributed by atoms with Gasteiger partial charge in [-0.3, -0.25) is 4.79 Å². The van der Waals surface area contributed by atoms with E-state index in [-0.39, 0.29) is 23.3 Å². The molecular formula is C13H26N2O2. The second kappa shape index (κ2) is 4.94. The van der Waals surface area contributed by atoms with Crippen molar-refractivity contribution in [2.45, 2.75) is 58.6 Å². The second-order valence-electron chi connectivity index (χ2n) is 6.49. The van der Waals surface area contributed by atoms with E-state index in [1.807, 2.05) is 27.7 Å². The summed E-state index contributed by atoms with van der Waals surface area (Å²) in [6.07, 6.45) is 1.99. The Morgan fingerprint density at radius 2 is 2.00 bits per heavy atom. The van der Waals surface area contributed by atoms with Crippen molar-refractivity contribution in [2.75, 3.05) is 6.54 Å². The van der Waals surface area contributed by atoms with Gasteiger partial charge < -0.3 is 16.2 Å². The van der Waals surface area contributed by atoms with Gasteiger partial charge in [0.15, 0.2) is 0 Å². The normalized spacial score (nSPS) is 20.2. The Hall–Kier alpha value is -0.610. The summed E-state index contributed by atoms with van der Waals surface area (Å²) in [4.78, 5) is 11.7. The third kappa shape index (κ3) is 4.28. The molecule has 0 heterocycles. The van der Waals surface area contributed by atoms with E-state index in [0.29, 0.717) is 13.0 Å². The number of rotatable bonds is 6. The van der Waals surface area contributed by atoms with Gasteiger partial charge in [-0.25, -0.2) is 0 Å². The number of carbonyl (C=O) groups excluding carboxylic acids is 1. The second-order valence-corrected chi connectivity index (χ2v) is 6.49. The van der Waals surface area contributed by atoms with E-state index in [4.69, 9.17) is 5.73 Å². The summed E-state index contributed by atoms with van der Waals surface area (Å²) in [6, 6.07) is 0. The van der Waals surface area contributed by atoms with E-state index in [9.17, 15) is 9.90 Å². The number of carbonyl (C=O) groups is 1. The fourth-order valence-corrected chi connectivity index (χ4v) is 2.20. The van der Waals surface area contributed by atoms with Crippen LogP contribution in [0.4, 0.5) is 0 Å². The van der Waals surface area contributed by atoms with Crippen molar-refractivity contribution in [3.05, 3.63) is 0 Å². The van der Waals surface area contributed by atoms with E-state index in [1.54, 1.807) is 0 Å². The molecule has 1 aliphatic carbocycles. The molecule has 100 valence electrons. The molecule has 4 heteroatoms. The highest BCUT2D eigenvalue weighted by Crippen LogP contribution is 2.50. The fraction of sp³-hybridized carbons (Fsp3) is 0.923. The monoisotopic (exact) mass is 242 g/mol. The predicted octanol–water partition coefficient (Wildman–Crippen LogP) is 1.03. The SMILES string of the molecule is CC(C)C(O)C1(CNC(=O)CC(C)(C)N)CC1. The summed E-state index contributed by atoms with van der Waals surface area (Å²) in [7, 11) is 0. The number of hydrogen-bond donors (Lipinski definition) is 3. The highest BCUT2D eigenvalue weighted by atomic mass is 16.3. The van der Waals surface area contributed by atoms with E-state index in [2.05, 4.69) is 5.32 Å². The summed E-state index contributed by atoms with van der Waals surface area (Å²) >= 11 is 0. The first kappa shape index (κ1) is 14.5. The Bertz CT molecular complexity index is 278. The van der Waals surface area contributed by atoms with Crippen LogP contribution in [0, 0.1) is 11.3 Å². The lowest BCUT2D eigenvalue weighted by Crippen LogP contribution is -2.43. The molecule has 4 N–H and O–H groups in total. The van der Waals surface area contributed by atoms with Crippen LogP contribution in [0.25, 0.3) is 0 Å². The minimum Gasteiger partial charge on any atom is -0.392 e. The Morgan fingerprint density at radius 3 is 2.35 bits per heavy atom. The van der Waals surface area contributed by atoms with Crippen molar-refractivity contribution in [2.24, 2.45) is 17.1 Å². The molecule has 0 aromatic rings. The molecule has 1 fully saturated rings. The topological polar surface area (TPSA) is 75.3 Å². The maximum Gasteiger partial charge on any atom is 0.221 e. The average molecular weight is 242 g/mol. The third-order valence-corrected chi connectivity index (χ3v) is 3.40. The van der Waals surface area contributed by atoms with Crippen molar-refractivity contribution in [3.8, 4) is 0 Å². The fourth-order valence-electron chi connectivity index (χ4n) is 2.20. The summed E-state index contributed by atoms with van der Waals surface area (Å²) in [6.45, 7) is 8.26. The molecule has 1 unspecified atom stereocenters. The average Bonchev–Trinajstić information content (AvgIpc) is 2.91. The molecule has 0 aromatic carbocycles. The number of amides is 1. The number of nitrogens with two attached hydrogens (primary N) is 1. The van der Waals surface area contributed by atoms with Gasteiger partial charge in [0, 0.05) is 23.9 Å². The van der Waals surface area contributed by atoms with Gasteiger partial charge >= 0.3 is 0 Å². The molecule has 4 nitrogen and oxygen atoms in total. The summed E-state index contributed by atoms with van der Waals surface area (Å²) < 4.78 is 0. The van der Waals surface area contributed by atoms with Crippen LogP contribution < -0.4 is 11.1 Å². The molecule has 0 saturated heterocycles. The third-order valence-electron chi connectivity index (χ3n) is 3.40. The Morgan fingerprint density at radius 1 is 1.47 bits per heavy atom. The summed E-state index contributed by atoms with van der Waals surface area (Å²) in [5.74, 6) is 0.208. The number of nitrogens with one attached hydrogen (secondary N) is 1. The zero-order chi connectivity index (χ0) is 13.3. The number of hydrogen-bond acceptors (Lipinski definition) is 3. The minimum absolute atomic E-state index is 0.0280. The van der Waals surface area contributed by atoms with Gasteiger partial charge in [0.05, 0.1) is 6.10 Å². The maximum atomic E-state index is 11.7. The van der Waals surface area contributed by atoms with Crippen LogP contribution in [0.1, 0.15) is 47.0 Å². The number of aliphatic hydroxyl groups is 1. The molecule has 1 atom stereocenters. The lowest BCUT2D eigenvalue weighted by atomic mass is 9.90. The molecule has 1 saturated carbocycles. The lowest BCUT2D eigenvalue weighted by molar-refractivity contribution is -0.122. The molecule has 1 rings (SSSR count). The predicted molar refractivity (Wildman–Crippen MR) is 68.4 cm³/mol. The molecule has 0 radical (unpaired) electrons. The highest BCUT2D eigenvalue weighted by Gasteiger charge is 2.49. The molecule has 0 aromatic heterocycles. The van der Waals surface area contributed by atoms with Crippen molar-refractivity contribution in [3.63, 3.8) is 0 Å².